The molecule has 12 heavy (non-hydrogen) atoms. The Bertz CT molecular complexity index is 144. The van der Waals surface area contributed by atoms with E-state index in [-0.39, 0.29) is 5.12 Å². The normalized spacial score (nSPS) is 23.9. The Morgan fingerprint density at radius 2 is 2.42 bits per heavy atom. The van der Waals surface area contributed by atoms with E-state index < -0.39 is 0 Å². The largest absolute Gasteiger partial charge is 0.288 e. The summed E-state index contributed by atoms with van der Waals surface area (Å²) in [5.74, 6) is 3.81. The van der Waals surface area contributed by atoms with Gasteiger partial charge in [0.05, 0.1) is 4.58 Å². The fourth-order valence-corrected chi connectivity index (χ4v) is 6.30. The Hall–Kier alpha value is 1.07. The van der Waals surface area contributed by atoms with Crippen LogP contribution in [-0.4, -0.2) is 32.0 Å². The third-order valence-corrected chi connectivity index (χ3v) is 6.80. The fraction of sp³-hybridized carbons (Fsp3) is 0.857. The molecule has 0 amide bonds. The maximum absolute atomic E-state index is 10.6. The van der Waals surface area contributed by atoms with Crippen molar-refractivity contribution in [2.24, 2.45) is 0 Å². The molecular formula is C7H12OS4. The summed E-state index contributed by atoms with van der Waals surface area (Å²) in [4.78, 5) is 10.6. The first-order valence-electron chi connectivity index (χ1n) is 3.73. The average molecular weight is 240 g/mol. The summed E-state index contributed by atoms with van der Waals surface area (Å²) in [5, 5.41) is 1.16. The van der Waals surface area contributed by atoms with Gasteiger partial charge in [0.25, 0.3) is 0 Å². The Kier molecular flexibility index (Phi) is 6.05. The quantitative estimate of drug-likeness (QED) is 0.703. The van der Waals surface area contributed by atoms with Gasteiger partial charge in [0.2, 0.25) is 0 Å². The molecule has 1 nitrogen and oxygen atoms in total. The van der Waals surface area contributed by atoms with Crippen LogP contribution in [0.25, 0.3) is 0 Å². The molecule has 0 aliphatic carbocycles. The molecule has 5 heteroatoms. The van der Waals surface area contributed by atoms with Crippen molar-refractivity contribution < 1.29 is 4.79 Å². The molecule has 1 fully saturated rings. The Morgan fingerprint density at radius 1 is 1.58 bits per heavy atom. The summed E-state index contributed by atoms with van der Waals surface area (Å²) in [6.07, 6.45) is 0. The molecule has 0 N–H and O–H groups in total. The van der Waals surface area contributed by atoms with Crippen molar-refractivity contribution in [2.75, 3.05) is 22.3 Å². The predicted molar refractivity (Wildman–Crippen MR) is 64.3 cm³/mol. The minimum Gasteiger partial charge on any atom is -0.288 e. The number of carbonyl (C=O) groups is 1. The number of hydrogen-bond acceptors (Lipinski definition) is 5. The molecule has 0 bridgehead atoms. The van der Waals surface area contributed by atoms with Crippen LogP contribution in [0.5, 0.6) is 0 Å². The monoisotopic (exact) mass is 240 g/mol. The van der Waals surface area contributed by atoms with E-state index in [9.17, 15) is 4.79 Å². The van der Waals surface area contributed by atoms with Crippen LogP contribution in [0.2, 0.25) is 0 Å². The second-order valence-corrected chi connectivity index (χ2v) is 7.76. The molecule has 1 aliphatic heterocycles. The zero-order valence-electron chi connectivity index (χ0n) is 6.95. The predicted octanol–water partition coefficient (Wildman–Crippen LogP) is 2.76. The molecule has 0 aromatic heterocycles. The molecule has 1 atom stereocenters. The van der Waals surface area contributed by atoms with E-state index in [0.717, 1.165) is 9.67 Å². The SMILES string of the molecule is CC(=O)SCSC1CSCCS1. The second kappa shape index (κ2) is 6.51. The fourth-order valence-electron chi connectivity index (χ4n) is 0.755. The van der Waals surface area contributed by atoms with E-state index in [1.165, 1.54) is 29.0 Å². The van der Waals surface area contributed by atoms with Crippen LogP contribution in [0.1, 0.15) is 6.92 Å². The Labute approximate surface area is 90.6 Å². The van der Waals surface area contributed by atoms with E-state index in [1.54, 1.807) is 6.92 Å². The summed E-state index contributed by atoms with van der Waals surface area (Å²) in [5.41, 5.74) is 0. The Balaban J connectivity index is 2.01. The molecule has 0 aromatic rings. The smallest absolute Gasteiger partial charge is 0.186 e. The highest BCUT2D eigenvalue weighted by molar-refractivity contribution is 8.28. The summed E-state index contributed by atoms with van der Waals surface area (Å²) < 4.78 is 0.718. The minimum atomic E-state index is 0.232. The highest BCUT2D eigenvalue weighted by Crippen LogP contribution is 2.33. The number of carbonyl (C=O) groups excluding carboxylic acids is 1. The summed E-state index contributed by atoms with van der Waals surface area (Å²) in [7, 11) is 0. The molecule has 0 radical (unpaired) electrons. The van der Waals surface area contributed by atoms with Crippen LogP contribution in [0.15, 0.2) is 0 Å². The zero-order chi connectivity index (χ0) is 8.81. The van der Waals surface area contributed by atoms with Gasteiger partial charge >= 0.3 is 0 Å². The molecule has 1 rings (SSSR count). The first kappa shape index (κ1) is 11.1. The van der Waals surface area contributed by atoms with Gasteiger partial charge in [-0.05, 0) is 0 Å². The molecule has 1 heterocycles. The van der Waals surface area contributed by atoms with Gasteiger partial charge in [-0.3, -0.25) is 4.79 Å². The van der Waals surface area contributed by atoms with Crippen molar-refractivity contribution in [2.45, 2.75) is 11.5 Å². The zero-order valence-corrected chi connectivity index (χ0v) is 10.2. The molecule has 1 unspecified atom stereocenters. The van der Waals surface area contributed by atoms with Crippen LogP contribution in [0.3, 0.4) is 0 Å². The lowest BCUT2D eigenvalue weighted by atomic mass is 10.9. The van der Waals surface area contributed by atoms with E-state index >= 15 is 0 Å². The van der Waals surface area contributed by atoms with Gasteiger partial charge in [-0.15, -0.1) is 23.5 Å². The Morgan fingerprint density at radius 3 is 3.00 bits per heavy atom. The van der Waals surface area contributed by atoms with Crippen LogP contribution < -0.4 is 0 Å². The summed E-state index contributed by atoms with van der Waals surface area (Å²) in [6.45, 7) is 1.63. The van der Waals surface area contributed by atoms with Gasteiger partial charge in [0.1, 0.15) is 0 Å². The molecule has 0 saturated carbocycles. The first-order chi connectivity index (χ1) is 5.79. The van der Waals surface area contributed by atoms with E-state index in [0.29, 0.717) is 0 Å². The molecular weight excluding hydrogens is 228 g/mol. The van der Waals surface area contributed by atoms with Gasteiger partial charge < -0.3 is 0 Å². The van der Waals surface area contributed by atoms with Crippen molar-refractivity contribution in [3.8, 4) is 0 Å². The van der Waals surface area contributed by atoms with Crippen LogP contribution in [0, 0.1) is 0 Å². The van der Waals surface area contributed by atoms with Crippen LogP contribution in [0.4, 0.5) is 0 Å². The standard InChI is InChI=1S/C7H12OS4/c1-6(8)11-5-12-7-4-9-2-3-10-7/h7H,2-5H2,1H3. The van der Waals surface area contributed by atoms with Gasteiger partial charge in [-0.25, -0.2) is 0 Å². The number of thioether (sulfide) groups is 4. The summed E-state index contributed by atoms with van der Waals surface area (Å²) >= 11 is 7.39. The second-order valence-electron chi connectivity index (χ2n) is 2.30. The third-order valence-electron chi connectivity index (χ3n) is 1.30. The first-order valence-corrected chi connectivity index (χ1v) is 7.97. The number of rotatable bonds is 3. The van der Waals surface area contributed by atoms with Gasteiger partial charge in [0.15, 0.2) is 5.12 Å². The molecule has 70 valence electrons. The molecule has 1 saturated heterocycles. The average Bonchev–Trinajstić information content (AvgIpc) is 2.05. The molecule has 0 spiro atoms. The lowest BCUT2D eigenvalue weighted by Gasteiger charge is -2.19. The van der Waals surface area contributed by atoms with Crippen molar-refractivity contribution in [1.82, 2.24) is 0 Å². The van der Waals surface area contributed by atoms with Gasteiger partial charge in [0, 0.05) is 29.3 Å². The van der Waals surface area contributed by atoms with Crippen LogP contribution >= 0.6 is 47.0 Å². The van der Waals surface area contributed by atoms with Crippen molar-refractivity contribution in [3.05, 3.63) is 0 Å². The topological polar surface area (TPSA) is 17.1 Å². The highest BCUT2D eigenvalue weighted by atomic mass is 32.2. The minimum absolute atomic E-state index is 0.232. The maximum Gasteiger partial charge on any atom is 0.186 e. The van der Waals surface area contributed by atoms with E-state index in [1.807, 2.05) is 35.3 Å². The van der Waals surface area contributed by atoms with E-state index in [2.05, 4.69) is 0 Å². The van der Waals surface area contributed by atoms with E-state index in [4.69, 9.17) is 0 Å². The number of hydrogen-bond donors (Lipinski definition) is 0. The van der Waals surface area contributed by atoms with Gasteiger partial charge in [-0.1, -0.05) is 11.8 Å². The lowest BCUT2D eigenvalue weighted by molar-refractivity contribution is -0.109. The maximum atomic E-state index is 10.6. The molecule has 1 aliphatic rings. The van der Waals surface area contributed by atoms with Crippen molar-refractivity contribution in [1.29, 1.82) is 0 Å². The van der Waals surface area contributed by atoms with Crippen molar-refractivity contribution in [3.63, 3.8) is 0 Å². The van der Waals surface area contributed by atoms with Crippen LogP contribution in [-0.2, 0) is 4.79 Å². The summed E-state index contributed by atoms with van der Waals surface area (Å²) in [6, 6.07) is 0. The lowest BCUT2D eigenvalue weighted by Crippen LogP contribution is -2.10. The van der Waals surface area contributed by atoms with Crippen molar-refractivity contribution >= 4 is 52.2 Å². The van der Waals surface area contributed by atoms with Gasteiger partial charge in [-0.2, -0.15) is 11.8 Å². The molecule has 0 aromatic carbocycles. The third kappa shape index (κ3) is 4.94. The highest BCUT2D eigenvalue weighted by Gasteiger charge is 2.14.